The number of carbonyl (C=O) groups is 1. The molecular weight excluding hydrogens is 362 g/mol. The van der Waals surface area contributed by atoms with Gasteiger partial charge in [-0.25, -0.2) is 18.7 Å². The Morgan fingerprint density at radius 2 is 1.77 bits per heavy atom. The van der Waals surface area contributed by atoms with Crippen LogP contribution in [0.4, 0.5) is 20.3 Å². The molecule has 1 aromatic heterocycles. The van der Waals surface area contributed by atoms with Gasteiger partial charge in [0.15, 0.2) is 11.6 Å². The molecule has 3 aromatic rings. The molecule has 3 rings (SSSR count). The Bertz CT molecular complexity index is 935. The summed E-state index contributed by atoms with van der Waals surface area (Å²) in [4.78, 5) is 20.1. The van der Waals surface area contributed by atoms with Crippen molar-refractivity contribution in [2.24, 2.45) is 0 Å². The maximum Gasteiger partial charge on any atom is 0.270 e. The summed E-state index contributed by atoms with van der Waals surface area (Å²) < 4.78 is 26.2. The molecule has 1 amide bonds. The van der Waals surface area contributed by atoms with Gasteiger partial charge in [-0.2, -0.15) is 0 Å². The molecule has 0 unspecified atom stereocenters. The molecule has 0 radical (unpaired) electrons. The van der Waals surface area contributed by atoms with Crippen molar-refractivity contribution in [1.82, 2.24) is 15.3 Å². The Morgan fingerprint density at radius 3 is 2.50 bits per heavy atom. The van der Waals surface area contributed by atoms with E-state index in [1.54, 1.807) is 24.3 Å². The fourth-order valence-corrected chi connectivity index (χ4v) is 2.27. The van der Waals surface area contributed by atoms with E-state index >= 15 is 0 Å². The van der Waals surface area contributed by atoms with Gasteiger partial charge >= 0.3 is 0 Å². The van der Waals surface area contributed by atoms with Crippen LogP contribution in [0.5, 0.6) is 0 Å². The summed E-state index contributed by atoms with van der Waals surface area (Å²) in [6.45, 7) is 0.311. The van der Waals surface area contributed by atoms with Crippen LogP contribution in [-0.2, 0) is 6.54 Å². The molecule has 0 bridgehead atoms. The lowest BCUT2D eigenvalue weighted by Gasteiger charge is -2.08. The molecule has 0 aliphatic rings. The van der Waals surface area contributed by atoms with E-state index in [0.29, 0.717) is 17.3 Å². The van der Waals surface area contributed by atoms with Gasteiger partial charge in [-0.1, -0.05) is 23.7 Å². The fourth-order valence-electron chi connectivity index (χ4n) is 2.15. The highest BCUT2D eigenvalue weighted by Gasteiger charge is 2.10. The number of nitrogens with zero attached hydrogens (tertiary/aromatic N) is 2. The summed E-state index contributed by atoms with van der Waals surface area (Å²) in [5.74, 6) is -2.04. The van der Waals surface area contributed by atoms with Gasteiger partial charge in [-0.05, 0) is 29.8 Å². The van der Waals surface area contributed by atoms with Crippen molar-refractivity contribution in [2.45, 2.75) is 6.54 Å². The highest BCUT2D eigenvalue weighted by Crippen LogP contribution is 2.17. The Hall–Kier alpha value is -3.06. The van der Waals surface area contributed by atoms with Crippen molar-refractivity contribution in [3.8, 4) is 0 Å². The van der Waals surface area contributed by atoms with Gasteiger partial charge in [-0.15, -0.1) is 0 Å². The van der Waals surface area contributed by atoms with E-state index in [1.807, 2.05) is 0 Å². The molecule has 8 heteroatoms. The Balaban J connectivity index is 1.66. The van der Waals surface area contributed by atoms with Crippen molar-refractivity contribution in [2.75, 3.05) is 5.32 Å². The molecule has 2 N–H and O–H groups in total. The molecule has 0 atom stereocenters. The van der Waals surface area contributed by atoms with Gasteiger partial charge in [0.25, 0.3) is 5.91 Å². The standard InChI is InChI=1S/C18H13ClF2N4O/c19-12-3-1-11(2-4-12)9-22-18(26)16-8-17(24-10-23-16)25-13-5-6-14(20)15(21)7-13/h1-8,10H,9H2,(H,22,26)(H,23,24,25). The molecule has 132 valence electrons. The predicted octanol–water partition coefficient (Wildman–Crippen LogP) is 4.08. The molecule has 2 aromatic carbocycles. The van der Waals surface area contributed by atoms with Crippen molar-refractivity contribution in [1.29, 1.82) is 0 Å². The summed E-state index contributed by atoms with van der Waals surface area (Å²) in [7, 11) is 0. The Morgan fingerprint density at radius 1 is 1.00 bits per heavy atom. The third kappa shape index (κ3) is 4.52. The lowest BCUT2D eigenvalue weighted by atomic mass is 10.2. The maximum absolute atomic E-state index is 13.3. The van der Waals surface area contributed by atoms with Crippen molar-refractivity contribution < 1.29 is 13.6 Å². The van der Waals surface area contributed by atoms with E-state index in [4.69, 9.17) is 11.6 Å². The smallest absolute Gasteiger partial charge is 0.270 e. The first kappa shape index (κ1) is 17.8. The monoisotopic (exact) mass is 374 g/mol. The van der Waals surface area contributed by atoms with E-state index < -0.39 is 17.5 Å². The molecule has 0 aliphatic heterocycles. The van der Waals surface area contributed by atoms with Crippen LogP contribution in [0.3, 0.4) is 0 Å². The summed E-state index contributed by atoms with van der Waals surface area (Å²) >= 11 is 5.82. The molecule has 0 aliphatic carbocycles. The lowest BCUT2D eigenvalue weighted by Crippen LogP contribution is -2.24. The van der Waals surface area contributed by atoms with E-state index in [-0.39, 0.29) is 11.5 Å². The number of benzene rings is 2. The largest absolute Gasteiger partial charge is 0.347 e. The number of halogens is 3. The van der Waals surface area contributed by atoms with Gasteiger partial charge in [-0.3, -0.25) is 4.79 Å². The predicted molar refractivity (Wildman–Crippen MR) is 94.3 cm³/mol. The third-order valence-electron chi connectivity index (χ3n) is 3.46. The van der Waals surface area contributed by atoms with Crippen molar-refractivity contribution in [3.63, 3.8) is 0 Å². The van der Waals surface area contributed by atoms with Crippen LogP contribution in [0.25, 0.3) is 0 Å². The topological polar surface area (TPSA) is 66.9 Å². The molecule has 5 nitrogen and oxygen atoms in total. The quantitative estimate of drug-likeness (QED) is 0.706. The number of nitrogens with one attached hydrogen (secondary N) is 2. The highest BCUT2D eigenvalue weighted by atomic mass is 35.5. The van der Waals surface area contributed by atoms with Gasteiger partial charge in [0.1, 0.15) is 17.8 Å². The minimum absolute atomic E-state index is 0.138. The molecule has 0 saturated carbocycles. The zero-order chi connectivity index (χ0) is 18.5. The normalized spacial score (nSPS) is 10.4. The molecule has 0 spiro atoms. The van der Waals surface area contributed by atoms with E-state index in [2.05, 4.69) is 20.6 Å². The van der Waals surface area contributed by atoms with Gasteiger partial charge < -0.3 is 10.6 Å². The van der Waals surface area contributed by atoms with E-state index in [1.165, 1.54) is 18.5 Å². The van der Waals surface area contributed by atoms with Crippen LogP contribution in [0, 0.1) is 11.6 Å². The fraction of sp³-hybridized carbons (Fsp3) is 0.0556. The number of rotatable bonds is 5. The van der Waals surface area contributed by atoms with Crippen molar-refractivity contribution in [3.05, 3.63) is 82.8 Å². The summed E-state index contributed by atoms with van der Waals surface area (Å²) in [6.07, 6.45) is 1.21. The van der Waals surface area contributed by atoms with Crippen LogP contribution < -0.4 is 10.6 Å². The van der Waals surface area contributed by atoms with Gasteiger partial charge in [0.05, 0.1) is 0 Å². The van der Waals surface area contributed by atoms with Gasteiger partial charge in [0.2, 0.25) is 0 Å². The van der Waals surface area contributed by atoms with Crippen molar-refractivity contribution >= 4 is 29.0 Å². The molecule has 26 heavy (non-hydrogen) atoms. The zero-order valence-corrected chi connectivity index (χ0v) is 14.1. The second-order valence-electron chi connectivity index (χ2n) is 5.35. The number of aromatic nitrogens is 2. The van der Waals surface area contributed by atoms with Crippen LogP contribution >= 0.6 is 11.6 Å². The van der Waals surface area contributed by atoms with Crippen LogP contribution in [0.15, 0.2) is 54.9 Å². The Kier molecular flexibility index (Phi) is 5.38. The zero-order valence-electron chi connectivity index (χ0n) is 13.3. The molecule has 1 heterocycles. The molecule has 0 saturated heterocycles. The first-order valence-electron chi connectivity index (χ1n) is 7.58. The number of hydrogen-bond acceptors (Lipinski definition) is 4. The van der Waals surface area contributed by atoms with Gasteiger partial charge in [0, 0.05) is 29.4 Å². The minimum atomic E-state index is -0.981. The molecular formula is C18H13ClF2N4O. The minimum Gasteiger partial charge on any atom is -0.347 e. The average molecular weight is 375 g/mol. The average Bonchev–Trinajstić information content (AvgIpc) is 2.64. The van der Waals surface area contributed by atoms with Crippen LogP contribution in [0.1, 0.15) is 16.1 Å². The second kappa shape index (κ2) is 7.88. The second-order valence-corrected chi connectivity index (χ2v) is 5.79. The summed E-state index contributed by atoms with van der Waals surface area (Å²) in [6, 6.07) is 11.8. The number of amides is 1. The first-order chi connectivity index (χ1) is 12.5. The highest BCUT2D eigenvalue weighted by molar-refractivity contribution is 6.30. The van der Waals surface area contributed by atoms with E-state index in [9.17, 15) is 13.6 Å². The first-order valence-corrected chi connectivity index (χ1v) is 7.96. The number of carbonyl (C=O) groups excluding carboxylic acids is 1. The van der Waals surface area contributed by atoms with Crippen LogP contribution in [-0.4, -0.2) is 15.9 Å². The summed E-state index contributed by atoms with van der Waals surface area (Å²) in [5.41, 5.74) is 1.33. The van der Waals surface area contributed by atoms with E-state index in [0.717, 1.165) is 17.7 Å². The summed E-state index contributed by atoms with van der Waals surface area (Å²) in [5, 5.41) is 6.14. The SMILES string of the molecule is O=C(NCc1ccc(Cl)cc1)c1cc(Nc2ccc(F)c(F)c2)ncn1. The lowest BCUT2D eigenvalue weighted by molar-refractivity contribution is 0.0946. The number of hydrogen-bond donors (Lipinski definition) is 2. The van der Waals surface area contributed by atoms with Crippen LogP contribution in [0.2, 0.25) is 5.02 Å². The Labute approximate surface area is 153 Å². The molecule has 0 fully saturated rings. The third-order valence-corrected chi connectivity index (χ3v) is 3.71. The maximum atomic E-state index is 13.3. The number of anilines is 2.